The summed E-state index contributed by atoms with van der Waals surface area (Å²) in [6, 6.07) is 2.67. The van der Waals surface area contributed by atoms with Crippen molar-refractivity contribution in [1.82, 2.24) is 5.32 Å². The van der Waals surface area contributed by atoms with E-state index in [1.54, 1.807) is 6.92 Å². The Bertz CT molecular complexity index is 432. The highest BCUT2D eigenvalue weighted by Crippen LogP contribution is 2.32. The number of nitrogens with one attached hydrogen (secondary N) is 1. The van der Waals surface area contributed by atoms with Gasteiger partial charge < -0.3 is 10.4 Å². The van der Waals surface area contributed by atoms with Crippen molar-refractivity contribution >= 4 is 0 Å². The molecule has 2 nitrogen and oxygen atoms in total. The molecule has 0 amide bonds. The molecule has 0 saturated carbocycles. The first-order valence-corrected chi connectivity index (χ1v) is 6.44. The van der Waals surface area contributed by atoms with E-state index in [-0.39, 0.29) is 18.0 Å². The van der Waals surface area contributed by atoms with Crippen molar-refractivity contribution < 1.29 is 22.7 Å². The van der Waals surface area contributed by atoms with Gasteiger partial charge in [-0.05, 0) is 43.5 Å². The van der Waals surface area contributed by atoms with Gasteiger partial charge in [-0.3, -0.25) is 0 Å². The lowest BCUT2D eigenvalue weighted by Crippen LogP contribution is -2.24. The molecule has 2 N–H and O–H groups in total. The smallest absolute Gasteiger partial charge is 0.393 e. The second-order valence-electron chi connectivity index (χ2n) is 5.12. The molecular weight excluding hydrogens is 274 g/mol. The van der Waals surface area contributed by atoms with Crippen LogP contribution in [0.4, 0.5) is 17.6 Å². The molecule has 1 aromatic carbocycles. The molecule has 0 fully saturated rings. The number of alkyl halides is 3. The van der Waals surface area contributed by atoms with Crippen LogP contribution < -0.4 is 5.32 Å². The molecule has 0 spiro atoms. The second-order valence-corrected chi connectivity index (χ2v) is 5.12. The molecule has 6 heteroatoms. The van der Waals surface area contributed by atoms with Crippen LogP contribution in [0.25, 0.3) is 0 Å². The van der Waals surface area contributed by atoms with Crippen LogP contribution in [0.3, 0.4) is 0 Å². The highest BCUT2D eigenvalue weighted by molar-refractivity contribution is 5.30. The largest absolute Gasteiger partial charge is 0.416 e. The van der Waals surface area contributed by atoms with E-state index in [0.717, 1.165) is 12.1 Å². The van der Waals surface area contributed by atoms with Crippen molar-refractivity contribution in [3.63, 3.8) is 0 Å². The van der Waals surface area contributed by atoms with Crippen molar-refractivity contribution in [2.45, 2.75) is 39.1 Å². The van der Waals surface area contributed by atoms with Gasteiger partial charge in [0.25, 0.3) is 0 Å². The maximum atomic E-state index is 12.9. The van der Waals surface area contributed by atoms with Crippen molar-refractivity contribution in [1.29, 1.82) is 0 Å². The van der Waals surface area contributed by atoms with E-state index in [2.05, 4.69) is 5.32 Å². The number of halogens is 4. The first kappa shape index (κ1) is 16.9. The molecular formula is C14H19F4NO. The Labute approximate surface area is 115 Å². The third kappa shape index (κ3) is 5.46. The van der Waals surface area contributed by atoms with Gasteiger partial charge in [0.2, 0.25) is 0 Å². The zero-order valence-corrected chi connectivity index (χ0v) is 11.5. The van der Waals surface area contributed by atoms with Gasteiger partial charge in [-0.2, -0.15) is 13.2 Å². The van der Waals surface area contributed by atoms with Gasteiger partial charge >= 0.3 is 6.18 Å². The fourth-order valence-electron chi connectivity index (χ4n) is 2.09. The van der Waals surface area contributed by atoms with Crippen LogP contribution in [-0.4, -0.2) is 17.8 Å². The minimum absolute atomic E-state index is 0.0132. The zero-order valence-electron chi connectivity index (χ0n) is 11.5. The summed E-state index contributed by atoms with van der Waals surface area (Å²) in [5.74, 6) is -0.756. The van der Waals surface area contributed by atoms with Crippen LogP contribution in [0, 0.1) is 11.7 Å². The lowest BCUT2D eigenvalue weighted by atomic mass is 10.0. The highest BCUT2D eigenvalue weighted by Gasteiger charge is 2.33. The monoisotopic (exact) mass is 293 g/mol. The average molecular weight is 293 g/mol. The van der Waals surface area contributed by atoms with Crippen LogP contribution in [0.15, 0.2) is 18.2 Å². The van der Waals surface area contributed by atoms with Gasteiger partial charge in [-0.25, -0.2) is 4.39 Å². The summed E-state index contributed by atoms with van der Waals surface area (Å²) in [6.45, 7) is 4.06. The number of benzene rings is 1. The molecule has 0 saturated heterocycles. The number of hydrogen-bond donors (Lipinski definition) is 2. The van der Waals surface area contributed by atoms with Gasteiger partial charge in [0.05, 0.1) is 11.7 Å². The Morgan fingerprint density at radius 1 is 1.25 bits per heavy atom. The predicted octanol–water partition coefficient (Wildman–Crippen LogP) is 3.34. The molecule has 20 heavy (non-hydrogen) atoms. The Balaban J connectivity index is 2.64. The second kappa shape index (κ2) is 7.04. The first-order chi connectivity index (χ1) is 9.20. The van der Waals surface area contributed by atoms with Crippen LogP contribution in [0.5, 0.6) is 0 Å². The molecule has 0 aromatic heterocycles. The molecule has 0 aliphatic rings. The van der Waals surface area contributed by atoms with Crippen LogP contribution in [0.1, 0.15) is 31.4 Å². The third-order valence-electron chi connectivity index (χ3n) is 2.93. The molecule has 114 valence electrons. The quantitative estimate of drug-likeness (QED) is 0.788. The first-order valence-electron chi connectivity index (χ1n) is 6.44. The molecule has 0 radical (unpaired) electrons. The van der Waals surface area contributed by atoms with E-state index in [1.165, 1.54) is 0 Å². The Morgan fingerprint density at radius 3 is 2.45 bits per heavy atom. The van der Waals surface area contributed by atoms with Crippen molar-refractivity contribution in [2.75, 3.05) is 6.54 Å². The summed E-state index contributed by atoms with van der Waals surface area (Å²) >= 11 is 0. The minimum atomic E-state index is -4.57. The maximum absolute atomic E-state index is 12.9. The van der Waals surface area contributed by atoms with Crippen molar-refractivity contribution in [3.05, 3.63) is 35.1 Å². The third-order valence-corrected chi connectivity index (χ3v) is 2.93. The van der Waals surface area contributed by atoms with Crippen molar-refractivity contribution in [3.8, 4) is 0 Å². The number of rotatable bonds is 6. The number of hydrogen-bond acceptors (Lipinski definition) is 2. The highest BCUT2D eigenvalue weighted by atomic mass is 19.4. The molecule has 2 unspecified atom stereocenters. The molecule has 0 bridgehead atoms. The summed E-state index contributed by atoms with van der Waals surface area (Å²) in [4.78, 5) is 0. The van der Waals surface area contributed by atoms with E-state index in [1.807, 2.05) is 6.92 Å². The van der Waals surface area contributed by atoms with E-state index >= 15 is 0 Å². The fraction of sp³-hybridized carbons (Fsp3) is 0.571. The lowest BCUT2D eigenvalue weighted by Gasteiger charge is -2.16. The standard InChI is InChI=1S/C14H19F4NO/c1-9(5-10(2)20)7-19-8-11-3-4-12(15)6-13(11)14(16,17)18/h3-4,6,9-10,19-20H,5,7-8H2,1-2H3. The molecule has 1 aromatic rings. The normalized spacial score (nSPS) is 15.2. The van der Waals surface area contributed by atoms with Gasteiger partial charge in [0, 0.05) is 6.54 Å². The van der Waals surface area contributed by atoms with E-state index in [9.17, 15) is 22.7 Å². The lowest BCUT2D eigenvalue weighted by molar-refractivity contribution is -0.138. The minimum Gasteiger partial charge on any atom is -0.393 e. The van der Waals surface area contributed by atoms with Gasteiger partial charge in [0.15, 0.2) is 0 Å². The Hall–Kier alpha value is -1.14. The summed E-state index contributed by atoms with van der Waals surface area (Å²) in [5, 5.41) is 12.1. The topological polar surface area (TPSA) is 32.3 Å². The summed E-state index contributed by atoms with van der Waals surface area (Å²) in [6.07, 6.45) is -4.43. The SMILES string of the molecule is CC(O)CC(C)CNCc1ccc(F)cc1C(F)(F)F. The van der Waals surface area contributed by atoms with Crippen LogP contribution in [0.2, 0.25) is 0 Å². The molecule has 2 atom stereocenters. The van der Waals surface area contributed by atoms with Gasteiger partial charge in [-0.15, -0.1) is 0 Å². The summed E-state index contributed by atoms with van der Waals surface area (Å²) < 4.78 is 51.2. The maximum Gasteiger partial charge on any atom is 0.416 e. The van der Waals surface area contributed by atoms with Gasteiger partial charge in [-0.1, -0.05) is 13.0 Å². The zero-order chi connectivity index (χ0) is 15.3. The van der Waals surface area contributed by atoms with Crippen LogP contribution >= 0.6 is 0 Å². The predicted molar refractivity (Wildman–Crippen MR) is 68.6 cm³/mol. The summed E-state index contributed by atoms with van der Waals surface area (Å²) in [5.41, 5.74) is -0.934. The summed E-state index contributed by atoms with van der Waals surface area (Å²) in [7, 11) is 0. The van der Waals surface area contributed by atoms with Crippen molar-refractivity contribution in [2.24, 2.45) is 5.92 Å². The average Bonchev–Trinajstić information content (AvgIpc) is 2.28. The Kier molecular flexibility index (Phi) is 5.95. The van der Waals surface area contributed by atoms with E-state index < -0.39 is 23.7 Å². The number of aliphatic hydroxyl groups is 1. The van der Waals surface area contributed by atoms with E-state index in [0.29, 0.717) is 19.0 Å². The Morgan fingerprint density at radius 2 is 1.90 bits per heavy atom. The molecule has 0 heterocycles. The number of aliphatic hydroxyl groups excluding tert-OH is 1. The van der Waals surface area contributed by atoms with Crippen LogP contribution in [-0.2, 0) is 12.7 Å². The van der Waals surface area contributed by atoms with Gasteiger partial charge in [0.1, 0.15) is 5.82 Å². The van der Waals surface area contributed by atoms with E-state index in [4.69, 9.17) is 0 Å². The fourth-order valence-corrected chi connectivity index (χ4v) is 2.09. The molecule has 0 aliphatic heterocycles. The molecule has 0 aliphatic carbocycles. The molecule has 1 rings (SSSR count).